The normalized spacial score (nSPS) is 16.8. The number of hydrogen-bond acceptors (Lipinski definition) is 6. The van der Waals surface area contributed by atoms with Crippen LogP contribution in [0.5, 0.6) is 0 Å². The summed E-state index contributed by atoms with van der Waals surface area (Å²) < 4.78 is 49.0. The van der Waals surface area contributed by atoms with E-state index in [0.717, 1.165) is 17.3 Å². The van der Waals surface area contributed by atoms with Crippen LogP contribution in [0.4, 0.5) is 4.39 Å². The molecular weight excluding hydrogens is 411 g/mol. The van der Waals surface area contributed by atoms with Gasteiger partial charge >= 0.3 is 0 Å². The Balaban J connectivity index is 1.48. The van der Waals surface area contributed by atoms with Gasteiger partial charge in [0.15, 0.2) is 0 Å². The summed E-state index contributed by atoms with van der Waals surface area (Å²) >= 11 is 7.09. The number of piperazine rings is 1. The topological polar surface area (TPSA) is 66.4 Å². The Hall–Kier alpha value is -1.65. The number of rotatable bonds is 4. The highest BCUT2D eigenvalue weighted by atomic mass is 35.5. The van der Waals surface area contributed by atoms with Gasteiger partial charge in [-0.2, -0.15) is 13.1 Å². The second kappa shape index (κ2) is 7.40. The summed E-state index contributed by atoms with van der Waals surface area (Å²) in [6.45, 7) is 2.43. The van der Waals surface area contributed by atoms with Crippen molar-refractivity contribution in [2.45, 2.75) is 11.4 Å². The van der Waals surface area contributed by atoms with Crippen molar-refractivity contribution < 1.29 is 12.8 Å². The maximum absolute atomic E-state index is 13.2. The van der Waals surface area contributed by atoms with E-state index in [1.807, 2.05) is 0 Å². The SMILES string of the molecule is O=S(=O)(c1cccc2nsnc12)N1CCN(Cc2ccc(F)cc2Cl)CC1. The number of fused-ring (bicyclic) bond motifs is 1. The number of halogens is 2. The summed E-state index contributed by atoms with van der Waals surface area (Å²) in [6.07, 6.45) is 0. The van der Waals surface area contributed by atoms with E-state index >= 15 is 0 Å². The molecule has 1 aromatic heterocycles. The Kier molecular flexibility index (Phi) is 5.13. The van der Waals surface area contributed by atoms with E-state index in [-0.39, 0.29) is 10.7 Å². The van der Waals surface area contributed by atoms with Crippen molar-refractivity contribution in [2.24, 2.45) is 0 Å². The lowest BCUT2D eigenvalue weighted by Crippen LogP contribution is -2.48. The average molecular weight is 427 g/mol. The van der Waals surface area contributed by atoms with Crippen molar-refractivity contribution in [1.82, 2.24) is 18.0 Å². The first-order valence-electron chi connectivity index (χ1n) is 8.33. The Labute approximate surface area is 165 Å². The minimum atomic E-state index is -3.63. The monoisotopic (exact) mass is 426 g/mol. The van der Waals surface area contributed by atoms with Crippen molar-refractivity contribution >= 4 is 44.4 Å². The lowest BCUT2D eigenvalue weighted by atomic mass is 10.2. The fourth-order valence-electron chi connectivity index (χ4n) is 3.15. The summed E-state index contributed by atoms with van der Waals surface area (Å²) in [7, 11) is -3.63. The maximum atomic E-state index is 13.2. The lowest BCUT2D eigenvalue weighted by Gasteiger charge is -2.34. The van der Waals surface area contributed by atoms with E-state index in [1.165, 1.54) is 16.4 Å². The van der Waals surface area contributed by atoms with Crippen LogP contribution < -0.4 is 0 Å². The van der Waals surface area contributed by atoms with Gasteiger partial charge in [0.05, 0.1) is 11.7 Å². The van der Waals surface area contributed by atoms with E-state index in [4.69, 9.17) is 11.6 Å². The van der Waals surface area contributed by atoms with Crippen LogP contribution in [0.15, 0.2) is 41.3 Å². The van der Waals surface area contributed by atoms with Crippen molar-refractivity contribution in [1.29, 1.82) is 0 Å². The molecule has 1 saturated heterocycles. The Morgan fingerprint density at radius 3 is 2.63 bits per heavy atom. The van der Waals surface area contributed by atoms with Gasteiger partial charge in [0.1, 0.15) is 21.7 Å². The highest BCUT2D eigenvalue weighted by Crippen LogP contribution is 2.26. The second-order valence-electron chi connectivity index (χ2n) is 6.30. The molecule has 27 heavy (non-hydrogen) atoms. The zero-order valence-electron chi connectivity index (χ0n) is 14.2. The Bertz CT molecular complexity index is 1080. The molecule has 0 amide bonds. The fourth-order valence-corrected chi connectivity index (χ4v) is 5.55. The number of benzene rings is 2. The van der Waals surface area contributed by atoms with Crippen molar-refractivity contribution in [3.8, 4) is 0 Å². The molecule has 10 heteroatoms. The van der Waals surface area contributed by atoms with Gasteiger partial charge in [-0.25, -0.2) is 12.8 Å². The van der Waals surface area contributed by atoms with Gasteiger partial charge in [0, 0.05) is 37.7 Å². The van der Waals surface area contributed by atoms with Gasteiger partial charge in [-0.1, -0.05) is 23.7 Å². The molecule has 1 fully saturated rings. The minimum Gasteiger partial charge on any atom is -0.296 e. The van der Waals surface area contributed by atoms with Crippen LogP contribution in [-0.2, 0) is 16.6 Å². The van der Waals surface area contributed by atoms with E-state index < -0.39 is 10.0 Å². The third-order valence-electron chi connectivity index (χ3n) is 4.61. The van der Waals surface area contributed by atoms with Gasteiger partial charge in [-0.05, 0) is 29.8 Å². The molecule has 0 unspecified atom stereocenters. The molecule has 0 spiro atoms. The summed E-state index contributed by atoms with van der Waals surface area (Å²) in [4.78, 5) is 2.31. The molecule has 3 aromatic rings. The lowest BCUT2D eigenvalue weighted by molar-refractivity contribution is 0.181. The highest BCUT2D eigenvalue weighted by Gasteiger charge is 2.30. The molecule has 1 aliphatic heterocycles. The maximum Gasteiger partial charge on any atom is 0.245 e. The molecule has 0 atom stereocenters. The Morgan fingerprint density at radius 1 is 1.11 bits per heavy atom. The first kappa shape index (κ1) is 18.7. The zero-order valence-corrected chi connectivity index (χ0v) is 16.6. The molecule has 6 nitrogen and oxygen atoms in total. The summed E-state index contributed by atoms with van der Waals surface area (Å²) in [6, 6.07) is 9.34. The first-order chi connectivity index (χ1) is 12.9. The van der Waals surface area contributed by atoms with Gasteiger partial charge in [0.2, 0.25) is 10.0 Å². The molecule has 2 heterocycles. The second-order valence-corrected chi connectivity index (χ2v) is 9.15. The number of sulfonamides is 1. The molecule has 0 bridgehead atoms. The molecule has 0 radical (unpaired) electrons. The number of hydrogen-bond donors (Lipinski definition) is 0. The average Bonchev–Trinajstić information content (AvgIpc) is 3.13. The molecule has 0 N–H and O–H groups in total. The van der Waals surface area contributed by atoms with Crippen molar-refractivity contribution in [3.63, 3.8) is 0 Å². The van der Waals surface area contributed by atoms with Crippen LogP contribution in [0, 0.1) is 5.82 Å². The predicted octanol–water partition coefficient (Wildman–Crippen LogP) is 2.99. The molecule has 4 rings (SSSR count). The van der Waals surface area contributed by atoms with E-state index in [0.29, 0.717) is 48.8 Å². The smallest absolute Gasteiger partial charge is 0.245 e. The summed E-state index contributed by atoms with van der Waals surface area (Å²) in [5.74, 6) is -0.370. The molecule has 0 saturated carbocycles. The van der Waals surface area contributed by atoms with Crippen LogP contribution in [0.25, 0.3) is 11.0 Å². The van der Waals surface area contributed by atoms with Crippen LogP contribution in [0.3, 0.4) is 0 Å². The van der Waals surface area contributed by atoms with Gasteiger partial charge < -0.3 is 0 Å². The van der Waals surface area contributed by atoms with E-state index in [1.54, 1.807) is 24.3 Å². The number of aromatic nitrogens is 2. The number of nitrogens with zero attached hydrogens (tertiary/aromatic N) is 4. The largest absolute Gasteiger partial charge is 0.296 e. The van der Waals surface area contributed by atoms with Gasteiger partial charge in [-0.3, -0.25) is 4.90 Å². The third kappa shape index (κ3) is 3.70. The van der Waals surface area contributed by atoms with Crippen LogP contribution >= 0.6 is 23.3 Å². The summed E-state index contributed by atoms with van der Waals surface area (Å²) in [5.41, 5.74) is 1.83. The quantitative estimate of drug-likeness (QED) is 0.641. The summed E-state index contributed by atoms with van der Waals surface area (Å²) in [5, 5.41) is 0.382. The van der Waals surface area contributed by atoms with Crippen LogP contribution in [-0.4, -0.2) is 52.5 Å². The van der Waals surface area contributed by atoms with Crippen LogP contribution in [0.2, 0.25) is 5.02 Å². The fraction of sp³-hybridized carbons (Fsp3) is 0.294. The minimum absolute atomic E-state index is 0.198. The third-order valence-corrected chi connectivity index (χ3v) is 7.43. The first-order valence-corrected chi connectivity index (χ1v) is 10.9. The van der Waals surface area contributed by atoms with Crippen molar-refractivity contribution in [3.05, 3.63) is 52.8 Å². The predicted molar refractivity (Wildman–Crippen MR) is 103 cm³/mol. The highest BCUT2D eigenvalue weighted by molar-refractivity contribution is 7.89. The molecule has 142 valence electrons. The van der Waals surface area contributed by atoms with E-state index in [2.05, 4.69) is 13.6 Å². The molecule has 2 aromatic carbocycles. The molecule has 1 aliphatic rings. The zero-order chi connectivity index (χ0) is 19.0. The molecular formula is C17H16ClFN4O2S2. The van der Waals surface area contributed by atoms with Gasteiger partial charge in [-0.15, -0.1) is 0 Å². The standard InChI is InChI=1S/C17H16ClFN4O2S2/c18-14-10-13(19)5-4-12(14)11-22-6-8-23(9-7-22)27(24,25)16-3-1-2-15-17(16)21-26-20-15/h1-5,10H,6-9,11H2. The van der Waals surface area contributed by atoms with Crippen LogP contribution in [0.1, 0.15) is 5.56 Å². The molecule has 0 aliphatic carbocycles. The Morgan fingerprint density at radius 2 is 1.89 bits per heavy atom. The van der Waals surface area contributed by atoms with Gasteiger partial charge in [0.25, 0.3) is 0 Å². The van der Waals surface area contributed by atoms with E-state index in [9.17, 15) is 12.8 Å². The van der Waals surface area contributed by atoms with Crippen molar-refractivity contribution in [2.75, 3.05) is 26.2 Å².